The molecule has 1 aromatic carbocycles. The molecule has 2 heterocycles. The lowest BCUT2D eigenvalue weighted by atomic mass is 10.1. The average Bonchev–Trinajstić information content (AvgIpc) is 2.93. The number of hydrogen-bond acceptors (Lipinski definition) is 4. The molecule has 1 aliphatic rings. The summed E-state index contributed by atoms with van der Waals surface area (Å²) in [7, 11) is 0. The first-order valence-electron chi connectivity index (χ1n) is 8.09. The van der Waals surface area contributed by atoms with E-state index in [4.69, 9.17) is 9.47 Å². The number of benzene rings is 1. The molecule has 1 aromatic heterocycles. The second-order valence-corrected chi connectivity index (χ2v) is 5.91. The number of nitrogens with one attached hydrogen (secondary N) is 1. The van der Waals surface area contributed by atoms with Crippen LogP contribution in [0.25, 0.3) is 0 Å². The summed E-state index contributed by atoms with van der Waals surface area (Å²) in [6, 6.07) is 5.32. The van der Waals surface area contributed by atoms with Crippen LogP contribution in [-0.2, 0) is 12.6 Å². The van der Waals surface area contributed by atoms with E-state index in [0.717, 1.165) is 30.3 Å². The Kier molecular flexibility index (Phi) is 4.76. The first-order chi connectivity index (χ1) is 12.3. The maximum atomic E-state index is 12.6. The van der Waals surface area contributed by atoms with Crippen molar-refractivity contribution in [2.75, 3.05) is 11.9 Å². The van der Waals surface area contributed by atoms with Gasteiger partial charge >= 0.3 is 6.18 Å². The lowest BCUT2D eigenvalue weighted by Gasteiger charge is -2.14. The molecule has 8 heteroatoms. The maximum absolute atomic E-state index is 12.6. The van der Waals surface area contributed by atoms with Gasteiger partial charge in [-0.3, -0.25) is 9.78 Å². The van der Waals surface area contributed by atoms with E-state index in [-0.39, 0.29) is 11.7 Å². The van der Waals surface area contributed by atoms with Crippen LogP contribution in [0.4, 0.5) is 18.9 Å². The minimum atomic E-state index is -4.55. The highest BCUT2D eigenvalue weighted by molar-refractivity contribution is 6.05. The maximum Gasteiger partial charge on any atom is 0.433 e. The van der Waals surface area contributed by atoms with Crippen molar-refractivity contribution in [2.45, 2.75) is 32.5 Å². The van der Waals surface area contributed by atoms with Crippen molar-refractivity contribution in [1.82, 2.24) is 4.98 Å². The molecule has 0 aliphatic carbocycles. The fourth-order valence-corrected chi connectivity index (χ4v) is 2.70. The number of ether oxygens (including phenoxy) is 2. The van der Waals surface area contributed by atoms with Gasteiger partial charge in [0.25, 0.3) is 5.91 Å². The van der Waals surface area contributed by atoms with Crippen molar-refractivity contribution in [2.24, 2.45) is 0 Å². The van der Waals surface area contributed by atoms with E-state index in [1.54, 1.807) is 6.07 Å². The third-order valence-electron chi connectivity index (χ3n) is 3.86. The Bertz CT molecular complexity index is 820. The van der Waals surface area contributed by atoms with Gasteiger partial charge in [-0.05, 0) is 32.0 Å². The summed E-state index contributed by atoms with van der Waals surface area (Å²) in [5.74, 6) is 0.553. The standard InChI is InChI=1S/C18H17F3N2O3/c1-3-25-15-7-12-6-10(2)26-14(12)8-13(15)23-17(24)11-4-5-16(22-9-11)18(19,20)21/h4-5,7-10H,3,6H2,1-2H3,(H,23,24). The van der Waals surface area contributed by atoms with E-state index in [1.807, 2.05) is 19.9 Å². The molecule has 1 N–H and O–H groups in total. The molecular formula is C18H17F3N2O3. The molecule has 0 saturated heterocycles. The molecule has 26 heavy (non-hydrogen) atoms. The topological polar surface area (TPSA) is 60.5 Å². The molecule has 0 bridgehead atoms. The number of amides is 1. The molecule has 0 spiro atoms. The summed E-state index contributed by atoms with van der Waals surface area (Å²) in [5.41, 5.74) is 0.332. The smallest absolute Gasteiger partial charge is 0.433 e. The number of rotatable bonds is 4. The summed E-state index contributed by atoms with van der Waals surface area (Å²) in [5, 5.41) is 2.65. The summed E-state index contributed by atoms with van der Waals surface area (Å²) in [6.45, 7) is 4.16. The Morgan fingerprint density at radius 1 is 1.38 bits per heavy atom. The first-order valence-corrected chi connectivity index (χ1v) is 8.09. The van der Waals surface area contributed by atoms with E-state index in [9.17, 15) is 18.0 Å². The molecule has 0 radical (unpaired) electrons. The number of aromatic nitrogens is 1. The quantitative estimate of drug-likeness (QED) is 0.886. The lowest BCUT2D eigenvalue weighted by Crippen LogP contribution is -2.15. The van der Waals surface area contributed by atoms with Crippen LogP contribution in [0.3, 0.4) is 0 Å². The zero-order valence-corrected chi connectivity index (χ0v) is 14.2. The summed E-state index contributed by atoms with van der Waals surface area (Å²) in [4.78, 5) is 15.7. The predicted molar refractivity (Wildman–Crippen MR) is 88.6 cm³/mol. The number of carbonyl (C=O) groups is 1. The lowest BCUT2D eigenvalue weighted by molar-refractivity contribution is -0.141. The number of hydrogen-bond donors (Lipinski definition) is 1. The Hall–Kier alpha value is -2.77. The van der Waals surface area contributed by atoms with Crippen molar-refractivity contribution >= 4 is 11.6 Å². The van der Waals surface area contributed by atoms with Crippen molar-refractivity contribution in [3.8, 4) is 11.5 Å². The van der Waals surface area contributed by atoms with E-state index >= 15 is 0 Å². The molecule has 5 nitrogen and oxygen atoms in total. The van der Waals surface area contributed by atoms with Gasteiger partial charge < -0.3 is 14.8 Å². The largest absolute Gasteiger partial charge is 0.492 e. The Balaban J connectivity index is 1.84. The van der Waals surface area contributed by atoms with Crippen LogP contribution >= 0.6 is 0 Å². The number of anilines is 1. The highest BCUT2D eigenvalue weighted by Gasteiger charge is 2.32. The van der Waals surface area contributed by atoms with Crippen LogP contribution in [-0.4, -0.2) is 23.6 Å². The number of halogens is 3. The van der Waals surface area contributed by atoms with Crippen molar-refractivity contribution in [1.29, 1.82) is 0 Å². The van der Waals surface area contributed by atoms with E-state index in [1.165, 1.54) is 0 Å². The Morgan fingerprint density at radius 2 is 2.15 bits per heavy atom. The van der Waals surface area contributed by atoms with Crippen LogP contribution in [0.2, 0.25) is 0 Å². The van der Waals surface area contributed by atoms with E-state index in [0.29, 0.717) is 23.8 Å². The number of carbonyl (C=O) groups excluding carboxylic acids is 1. The Labute approximate surface area is 148 Å². The SMILES string of the molecule is CCOc1cc2c(cc1NC(=O)c1ccc(C(F)(F)F)nc1)OC(C)C2. The minimum absolute atomic E-state index is 0.00948. The molecule has 2 aromatic rings. The third kappa shape index (κ3) is 3.74. The van der Waals surface area contributed by atoms with E-state index in [2.05, 4.69) is 10.3 Å². The van der Waals surface area contributed by atoms with Gasteiger partial charge in [-0.2, -0.15) is 13.2 Å². The summed E-state index contributed by atoms with van der Waals surface area (Å²) in [6.07, 6.45) is -2.88. The third-order valence-corrected chi connectivity index (χ3v) is 3.86. The molecule has 3 rings (SSSR count). The van der Waals surface area contributed by atoms with Crippen LogP contribution in [0, 0.1) is 0 Å². The van der Waals surface area contributed by atoms with Gasteiger partial charge in [0.05, 0.1) is 17.9 Å². The van der Waals surface area contributed by atoms with Gasteiger partial charge in [-0.1, -0.05) is 0 Å². The second-order valence-electron chi connectivity index (χ2n) is 5.91. The fourth-order valence-electron chi connectivity index (χ4n) is 2.70. The van der Waals surface area contributed by atoms with Gasteiger partial charge in [-0.15, -0.1) is 0 Å². The zero-order chi connectivity index (χ0) is 18.9. The number of nitrogens with zero attached hydrogens (tertiary/aromatic N) is 1. The molecule has 138 valence electrons. The molecule has 1 atom stereocenters. The Morgan fingerprint density at radius 3 is 2.77 bits per heavy atom. The highest BCUT2D eigenvalue weighted by atomic mass is 19.4. The van der Waals surface area contributed by atoms with Crippen molar-refractivity contribution in [3.05, 3.63) is 47.3 Å². The number of pyridine rings is 1. The summed E-state index contributed by atoms with van der Waals surface area (Å²) < 4.78 is 49.0. The van der Waals surface area contributed by atoms with Crippen LogP contribution in [0.1, 0.15) is 35.5 Å². The zero-order valence-electron chi connectivity index (χ0n) is 14.2. The predicted octanol–water partition coefficient (Wildman–Crippen LogP) is 4.07. The van der Waals surface area contributed by atoms with Crippen LogP contribution in [0.15, 0.2) is 30.5 Å². The first kappa shape index (κ1) is 18.0. The molecule has 1 amide bonds. The minimum Gasteiger partial charge on any atom is -0.492 e. The fraction of sp³-hybridized carbons (Fsp3) is 0.333. The van der Waals surface area contributed by atoms with Crippen LogP contribution in [0.5, 0.6) is 11.5 Å². The molecule has 1 unspecified atom stereocenters. The molecule has 0 saturated carbocycles. The summed E-state index contributed by atoms with van der Waals surface area (Å²) >= 11 is 0. The number of alkyl halides is 3. The van der Waals surface area contributed by atoms with Gasteiger partial charge in [0.2, 0.25) is 0 Å². The second kappa shape index (κ2) is 6.86. The average molecular weight is 366 g/mol. The van der Waals surface area contributed by atoms with Gasteiger partial charge in [-0.25, -0.2) is 0 Å². The van der Waals surface area contributed by atoms with Crippen molar-refractivity contribution in [3.63, 3.8) is 0 Å². The van der Waals surface area contributed by atoms with Gasteiger partial charge in [0.15, 0.2) is 0 Å². The van der Waals surface area contributed by atoms with E-state index < -0.39 is 17.8 Å². The van der Waals surface area contributed by atoms with Gasteiger partial charge in [0, 0.05) is 24.2 Å². The molecular weight excluding hydrogens is 349 g/mol. The number of fused-ring (bicyclic) bond motifs is 1. The van der Waals surface area contributed by atoms with Crippen LogP contribution < -0.4 is 14.8 Å². The normalized spacial score (nSPS) is 16.0. The monoisotopic (exact) mass is 366 g/mol. The molecule has 1 aliphatic heterocycles. The van der Waals surface area contributed by atoms with Crippen molar-refractivity contribution < 1.29 is 27.4 Å². The highest BCUT2D eigenvalue weighted by Crippen LogP contribution is 2.38. The molecule has 0 fully saturated rings. The van der Waals surface area contributed by atoms with Gasteiger partial charge in [0.1, 0.15) is 23.3 Å².